The first kappa shape index (κ1) is 13.4. The van der Waals surface area contributed by atoms with Gasteiger partial charge in [0.2, 0.25) is 0 Å². The van der Waals surface area contributed by atoms with Crippen LogP contribution >= 0.6 is 0 Å². The summed E-state index contributed by atoms with van der Waals surface area (Å²) in [4.78, 5) is 11.3. The van der Waals surface area contributed by atoms with E-state index in [1.165, 1.54) is 7.11 Å². The fraction of sp³-hybridized carbons (Fsp3) is 0.900. The van der Waals surface area contributed by atoms with Crippen molar-refractivity contribution in [3.05, 3.63) is 0 Å². The Morgan fingerprint density at radius 3 is 2.57 bits per heavy atom. The molecule has 2 atom stereocenters. The van der Waals surface area contributed by atoms with E-state index in [1.54, 1.807) is 0 Å². The third-order valence-corrected chi connectivity index (χ3v) is 1.90. The number of carbonyl (C=O) groups is 1. The summed E-state index contributed by atoms with van der Waals surface area (Å²) in [6, 6.07) is 0. The van der Waals surface area contributed by atoms with E-state index in [4.69, 9.17) is 9.47 Å². The maximum atomic E-state index is 11.3. The van der Waals surface area contributed by atoms with Gasteiger partial charge in [-0.15, -0.1) is 0 Å². The van der Waals surface area contributed by atoms with Crippen LogP contribution in [0.25, 0.3) is 0 Å². The Morgan fingerprint density at radius 1 is 1.43 bits per heavy atom. The summed E-state index contributed by atoms with van der Waals surface area (Å²) < 4.78 is 9.60. The van der Waals surface area contributed by atoms with Crippen LogP contribution in [0.15, 0.2) is 0 Å². The second-order valence-electron chi connectivity index (χ2n) is 3.43. The Bertz CT molecular complexity index is 158. The van der Waals surface area contributed by atoms with E-state index < -0.39 is 6.10 Å². The van der Waals surface area contributed by atoms with Gasteiger partial charge in [-0.3, -0.25) is 4.79 Å². The van der Waals surface area contributed by atoms with E-state index in [2.05, 4.69) is 0 Å². The largest absolute Gasteiger partial charge is 0.463 e. The van der Waals surface area contributed by atoms with Gasteiger partial charge in [-0.25, -0.2) is 0 Å². The van der Waals surface area contributed by atoms with Crippen LogP contribution in [0.2, 0.25) is 0 Å². The van der Waals surface area contributed by atoms with Crippen LogP contribution in [0.1, 0.15) is 26.7 Å². The zero-order chi connectivity index (χ0) is 11.0. The van der Waals surface area contributed by atoms with Gasteiger partial charge in [0.1, 0.15) is 12.7 Å². The fourth-order valence-corrected chi connectivity index (χ4v) is 1.11. The Balaban J connectivity index is 3.61. The Morgan fingerprint density at radius 2 is 2.07 bits per heavy atom. The minimum Gasteiger partial charge on any atom is -0.463 e. The van der Waals surface area contributed by atoms with Gasteiger partial charge in [0, 0.05) is 7.11 Å². The molecule has 0 saturated heterocycles. The molecule has 4 heteroatoms. The van der Waals surface area contributed by atoms with E-state index >= 15 is 0 Å². The summed E-state index contributed by atoms with van der Waals surface area (Å²) in [5, 5.41) is 9.21. The lowest BCUT2D eigenvalue weighted by Gasteiger charge is -2.13. The van der Waals surface area contributed by atoms with Crippen LogP contribution in [0.3, 0.4) is 0 Å². The molecule has 0 aromatic heterocycles. The van der Waals surface area contributed by atoms with Crippen LogP contribution in [0, 0.1) is 5.92 Å². The predicted molar refractivity (Wildman–Crippen MR) is 52.9 cm³/mol. The number of carbonyl (C=O) groups excluding carboxylic acids is 1. The summed E-state index contributed by atoms with van der Waals surface area (Å²) in [7, 11) is 1.49. The monoisotopic (exact) mass is 204 g/mol. The van der Waals surface area contributed by atoms with Gasteiger partial charge in [0.05, 0.1) is 12.5 Å². The molecule has 0 fully saturated rings. The van der Waals surface area contributed by atoms with Crippen molar-refractivity contribution in [1.29, 1.82) is 0 Å². The Hall–Kier alpha value is -0.610. The highest BCUT2D eigenvalue weighted by atomic mass is 16.5. The molecule has 0 amide bonds. The van der Waals surface area contributed by atoms with Crippen molar-refractivity contribution in [2.75, 3.05) is 20.3 Å². The molecule has 0 radical (unpaired) electrons. The molecule has 0 bridgehead atoms. The molecular weight excluding hydrogens is 184 g/mol. The van der Waals surface area contributed by atoms with E-state index in [1.807, 2.05) is 13.8 Å². The second-order valence-corrected chi connectivity index (χ2v) is 3.43. The molecule has 0 aliphatic carbocycles. The molecule has 0 aromatic rings. The van der Waals surface area contributed by atoms with Crippen molar-refractivity contribution in [3.8, 4) is 0 Å². The smallest absolute Gasteiger partial charge is 0.308 e. The molecular formula is C10H20O4. The zero-order valence-corrected chi connectivity index (χ0v) is 9.16. The van der Waals surface area contributed by atoms with E-state index in [0.717, 1.165) is 12.8 Å². The SMILES string of the molecule is CCCC(C)C(=O)OCC(O)COC. The summed E-state index contributed by atoms with van der Waals surface area (Å²) in [6.07, 6.45) is 1.05. The molecule has 0 aliphatic rings. The molecule has 2 unspecified atom stereocenters. The van der Waals surface area contributed by atoms with Crippen molar-refractivity contribution in [2.45, 2.75) is 32.8 Å². The lowest BCUT2D eigenvalue weighted by molar-refractivity contribution is -0.152. The second kappa shape index (κ2) is 7.76. The van der Waals surface area contributed by atoms with Crippen LogP contribution in [-0.2, 0) is 14.3 Å². The molecule has 1 N–H and O–H groups in total. The lowest BCUT2D eigenvalue weighted by atomic mass is 10.1. The first-order valence-corrected chi connectivity index (χ1v) is 4.95. The number of aliphatic hydroxyl groups is 1. The standard InChI is InChI=1S/C10H20O4/c1-4-5-8(2)10(12)14-7-9(11)6-13-3/h8-9,11H,4-7H2,1-3H3. The number of ether oxygens (including phenoxy) is 2. The highest BCUT2D eigenvalue weighted by Gasteiger charge is 2.14. The normalized spacial score (nSPS) is 14.9. The van der Waals surface area contributed by atoms with Crippen molar-refractivity contribution in [1.82, 2.24) is 0 Å². The molecule has 4 nitrogen and oxygen atoms in total. The molecule has 84 valence electrons. The van der Waals surface area contributed by atoms with E-state index in [9.17, 15) is 9.90 Å². The zero-order valence-electron chi connectivity index (χ0n) is 9.16. The van der Waals surface area contributed by atoms with Gasteiger partial charge in [-0.05, 0) is 6.42 Å². The van der Waals surface area contributed by atoms with Crippen LogP contribution in [0.4, 0.5) is 0 Å². The van der Waals surface area contributed by atoms with Gasteiger partial charge >= 0.3 is 5.97 Å². The number of methoxy groups -OCH3 is 1. The topological polar surface area (TPSA) is 55.8 Å². The van der Waals surface area contributed by atoms with Crippen LogP contribution < -0.4 is 0 Å². The van der Waals surface area contributed by atoms with Gasteiger partial charge in [-0.2, -0.15) is 0 Å². The third-order valence-electron chi connectivity index (χ3n) is 1.90. The first-order chi connectivity index (χ1) is 6.61. The first-order valence-electron chi connectivity index (χ1n) is 4.95. The van der Waals surface area contributed by atoms with E-state index in [0.29, 0.717) is 0 Å². The molecule has 0 heterocycles. The molecule has 0 aromatic carbocycles. The molecule has 0 rings (SSSR count). The van der Waals surface area contributed by atoms with Gasteiger partial charge in [0.25, 0.3) is 0 Å². The highest BCUT2D eigenvalue weighted by molar-refractivity contribution is 5.71. The molecule has 0 saturated carbocycles. The Kier molecular flexibility index (Phi) is 7.42. The average Bonchev–Trinajstić information content (AvgIpc) is 2.15. The number of aliphatic hydroxyl groups excluding tert-OH is 1. The third kappa shape index (κ3) is 5.94. The minimum atomic E-state index is -0.724. The van der Waals surface area contributed by atoms with E-state index in [-0.39, 0.29) is 25.1 Å². The van der Waals surface area contributed by atoms with Crippen molar-refractivity contribution < 1.29 is 19.4 Å². The molecule has 0 aliphatic heterocycles. The fourth-order valence-electron chi connectivity index (χ4n) is 1.11. The minimum absolute atomic E-state index is 0.0146. The summed E-state index contributed by atoms with van der Waals surface area (Å²) in [6.45, 7) is 4.05. The van der Waals surface area contributed by atoms with Crippen molar-refractivity contribution in [3.63, 3.8) is 0 Å². The molecule has 0 spiro atoms. The quantitative estimate of drug-likeness (QED) is 0.628. The Labute approximate surface area is 85.2 Å². The van der Waals surface area contributed by atoms with Gasteiger partial charge < -0.3 is 14.6 Å². The van der Waals surface area contributed by atoms with Gasteiger partial charge in [0.15, 0.2) is 0 Å². The maximum Gasteiger partial charge on any atom is 0.308 e. The summed E-state index contributed by atoms with van der Waals surface area (Å²) >= 11 is 0. The van der Waals surface area contributed by atoms with Crippen LogP contribution in [-0.4, -0.2) is 37.5 Å². The maximum absolute atomic E-state index is 11.3. The number of hydrogen-bond acceptors (Lipinski definition) is 4. The van der Waals surface area contributed by atoms with Gasteiger partial charge in [-0.1, -0.05) is 20.3 Å². The number of esters is 1. The van der Waals surface area contributed by atoms with Crippen LogP contribution in [0.5, 0.6) is 0 Å². The predicted octanol–water partition coefficient (Wildman–Crippen LogP) is 0.973. The highest BCUT2D eigenvalue weighted by Crippen LogP contribution is 2.07. The van der Waals surface area contributed by atoms with Crippen molar-refractivity contribution in [2.24, 2.45) is 5.92 Å². The number of rotatable bonds is 7. The summed E-state index contributed by atoms with van der Waals surface area (Å²) in [5.41, 5.74) is 0. The molecule has 14 heavy (non-hydrogen) atoms. The lowest BCUT2D eigenvalue weighted by Crippen LogP contribution is -2.25. The number of hydrogen-bond donors (Lipinski definition) is 1. The van der Waals surface area contributed by atoms with Crippen molar-refractivity contribution >= 4 is 5.97 Å². The summed E-state index contributed by atoms with van der Waals surface area (Å²) in [5.74, 6) is -0.336. The average molecular weight is 204 g/mol.